The highest BCUT2D eigenvalue weighted by Crippen LogP contribution is 2.16. The van der Waals surface area contributed by atoms with Crippen molar-refractivity contribution in [3.8, 4) is 0 Å². The molecule has 7 heteroatoms. The van der Waals surface area contributed by atoms with Gasteiger partial charge < -0.3 is 5.32 Å². The van der Waals surface area contributed by atoms with Crippen LogP contribution in [0.3, 0.4) is 0 Å². The molecule has 0 aromatic heterocycles. The molecular formula is C14H13BrN2O3S. The third-order valence-corrected chi connectivity index (χ3v) is 4.44. The number of carbonyl (C=O) groups is 1. The zero-order valence-electron chi connectivity index (χ0n) is 10.9. The molecule has 0 saturated heterocycles. The number of nitrogens with one attached hydrogen (secondary N) is 1. The summed E-state index contributed by atoms with van der Waals surface area (Å²) in [6.07, 6.45) is 0. The Hall–Kier alpha value is -1.70. The van der Waals surface area contributed by atoms with Crippen LogP contribution in [0.4, 0.5) is 0 Å². The summed E-state index contributed by atoms with van der Waals surface area (Å²) in [6, 6.07) is 13.2. The van der Waals surface area contributed by atoms with Crippen molar-refractivity contribution in [2.45, 2.75) is 11.4 Å². The van der Waals surface area contributed by atoms with E-state index in [0.29, 0.717) is 16.6 Å². The Balaban J connectivity index is 2.04. The molecule has 21 heavy (non-hydrogen) atoms. The van der Waals surface area contributed by atoms with E-state index in [1.165, 1.54) is 12.1 Å². The highest BCUT2D eigenvalue weighted by molar-refractivity contribution is 9.10. The fourth-order valence-corrected chi connectivity index (χ4v) is 2.70. The second kappa shape index (κ2) is 6.38. The third kappa shape index (κ3) is 4.13. The van der Waals surface area contributed by atoms with Crippen molar-refractivity contribution in [1.82, 2.24) is 5.32 Å². The van der Waals surface area contributed by atoms with Crippen molar-refractivity contribution in [3.63, 3.8) is 0 Å². The van der Waals surface area contributed by atoms with Crippen molar-refractivity contribution in [1.29, 1.82) is 0 Å². The van der Waals surface area contributed by atoms with Gasteiger partial charge in [-0.05, 0) is 45.8 Å². The number of primary sulfonamides is 1. The van der Waals surface area contributed by atoms with Gasteiger partial charge in [-0.25, -0.2) is 13.6 Å². The maximum absolute atomic E-state index is 12.0. The Kier molecular flexibility index (Phi) is 4.76. The van der Waals surface area contributed by atoms with Crippen LogP contribution in [-0.2, 0) is 16.6 Å². The van der Waals surface area contributed by atoms with E-state index in [4.69, 9.17) is 5.14 Å². The van der Waals surface area contributed by atoms with Crippen molar-refractivity contribution >= 4 is 31.9 Å². The summed E-state index contributed by atoms with van der Waals surface area (Å²) in [5, 5.41) is 7.78. The first-order valence-corrected chi connectivity index (χ1v) is 8.36. The van der Waals surface area contributed by atoms with Crippen molar-refractivity contribution in [2.75, 3.05) is 0 Å². The van der Waals surface area contributed by atoms with Gasteiger partial charge in [0, 0.05) is 11.0 Å². The number of hydrogen-bond acceptors (Lipinski definition) is 3. The molecule has 0 heterocycles. The zero-order valence-corrected chi connectivity index (χ0v) is 13.3. The monoisotopic (exact) mass is 368 g/mol. The maximum atomic E-state index is 12.0. The van der Waals surface area contributed by atoms with Gasteiger partial charge in [0.2, 0.25) is 10.0 Å². The molecule has 0 fully saturated rings. The molecular weight excluding hydrogens is 356 g/mol. The molecule has 2 aromatic rings. The van der Waals surface area contributed by atoms with E-state index < -0.39 is 10.0 Å². The van der Waals surface area contributed by atoms with Crippen LogP contribution in [0.15, 0.2) is 57.9 Å². The van der Waals surface area contributed by atoms with E-state index in [1.807, 2.05) is 6.07 Å². The summed E-state index contributed by atoms with van der Waals surface area (Å²) in [6.45, 7) is 0.297. The Morgan fingerprint density at radius 1 is 1.10 bits per heavy atom. The standard InChI is InChI=1S/C14H13BrN2O3S/c15-13-4-2-1-3-12(13)14(18)17-9-10-5-7-11(8-6-10)21(16,19)20/h1-8H,9H2,(H,17,18)(H2,16,19,20). The van der Waals surface area contributed by atoms with E-state index in [1.54, 1.807) is 30.3 Å². The topological polar surface area (TPSA) is 89.3 Å². The number of sulfonamides is 1. The quantitative estimate of drug-likeness (QED) is 0.864. The molecule has 3 N–H and O–H groups in total. The van der Waals surface area contributed by atoms with Gasteiger partial charge in [0.25, 0.3) is 5.91 Å². The van der Waals surface area contributed by atoms with Gasteiger partial charge >= 0.3 is 0 Å². The van der Waals surface area contributed by atoms with E-state index in [9.17, 15) is 13.2 Å². The molecule has 110 valence electrons. The number of hydrogen-bond donors (Lipinski definition) is 2. The summed E-state index contributed by atoms with van der Waals surface area (Å²) in [5.41, 5.74) is 1.32. The average molecular weight is 369 g/mol. The van der Waals surface area contributed by atoms with Gasteiger partial charge in [0.15, 0.2) is 0 Å². The molecule has 0 unspecified atom stereocenters. The molecule has 0 atom stereocenters. The lowest BCUT2D eigenvalue weighted by Crippen LogP contribution is -2.23. The maximum Gasteiger partial charge on any atom is 0.252 e. The fraction of sp³-hybridized carbons (Fsp3) is 0.0714. The first-order valence-electron chi connectivity index (χ1n) is 6.02. The van der Waals surface area contributed by atoms with Gasteiger partial charge in [-0.1, -0.05) is 24.3 Å². The minimum atomic E-state index is -3.69. The molecule has 0 spiro atoms. The Bertz CT molecular complexity index is 758. The van der Waals surface area contributed by atoms with Gasteiger partial charge in [0.05, 0.1) is 10.5 Å². The lowest BCUT2D eigenvalue weighted by molar-refractivity contribution is 0.0950. The van der Waals surface area contributed by atoms with E-state index >= 15 is 0 Å². The normalized spacial score (nSPS) is 11.1. The predicted molar refractivity (Wildman–Crippen MR) is 83.1 cm³/mol. The number of rotatable bonds is 4. The first kappa shape index (κ1) is 15.7. The van der Waals surface area contributed by atoms with E-state index in [-0.39, 0.29) is 10.8 Å². The van der Waals surface area contributed by atoms with Crippen LogP contribution in [-0.4, -0.2) is 14.3 Å². The number of carbonyl (C=O) groups excluding carboxylic acids is 1. The number of halogens is 1. The fourth-order valence-electron chi connectivity index (χ4n) is 1.72. The van der Waals surface area contributed by atoms with Crippen LogP contribution >= 0.6 is 15.9 Å². The summed E-state index contributed by atoms with van der Waals surface area (Å²) < 4.78 is 23.0. The summed E-state index contributed by atoms with van der Waals surface area (Å²) in [5.74, 6) is -0.210. The van der Waals surface area contributed by atoms with Gasteiger partial charge in [-0.15, -0.1) is 0 Å². The van der Waals surface area contributed by atoms with Crippen LogP contribution in [0.5, 0.6) is 0 Å². The summed E-state index contributed by atoms with van der Waals surface area (Å²) >= 11 is 3.31. The van der Waals surface area contributed by atoms with Crippen LogP contribution in [0.1, 0.15) is 15.9 Å². The Labute approximate surface area is 131 Å². The molecule has 0 bridgehead atoms. The average Bonchev–Trinajstić information content (AvgIpc) is 2.45. The molecule has 2 aromatic carbocycles. The lowest BCUT2D eigenvalue weighted by atomic mass is 10.2. The highest BCUT2D eigenvalue weighted by Gasteiger charge is 2.10. The first-order chi connectivity index (χ1) is 9.88. The van der Waals surface area contributed by atoms with E-state index in [0.717, 1.165) is 5.56 Å². The minimum absolute atomic E-state index is 0.0448. The largest absolute Gasteiger partial charge is 0.348 e. The van der Waals surface area contributed by atoms with Gasteiger partial charge in [0.1, 0.15) is 0 Å². The van der Waals surface area contributed by atoms with Gasteiger partial charge in [-0.3, -0.25) is 4.79 Å². The predicted octanol–water partition coefficient (Wildman–Crippen LogP) is 2.03. The number of amides is 1. The molecule has 0 aliphatic heterocycles. The molecule has 1 amide bonds. The smallest absolute Gasteiger partial charge is 0.252 e. The summed E-state index contributed by atoms with van der Waals surface area (Å²) in [4.78, 5) is 12.1. The molecule has 0 aliphatic rings. The third-order valence-electron chi connectivity index (χ3n) is 2.82. The van der Waals surface area contributed by atoms with Crippen molar-refractivity contribution < 1.29 is 13.2 Å². The number of nitrogens with two attached hydrogens (primary N) is 1. The van der Waals surface area contributed by atoms with Crippen LogP contribution in [0.2, 0.25) is 0 Å². The van der Waals surface area contributed by atoms with Crippen LogP contribution in [0.25, 0.3) is 0 Å². The Morgan fingerprint density at radius 2 is 1.71 bits per heavy atom. The van der Waals surface area contributed by atoms with E-state index in [2.05, 4.69) is 21.2 Å². The lowest BCUT2D eigenvalue weighted by Gasteiger charge is -2.07. The Morgan fingerprint density at radius 3 is 2.29 bits per heavy atom. The molecule has 0 aliphatic carbocycles. The molecule has 0 saturated carbocycles. The summed E-state index contributed by atoms with van der Waals surface area (Å²) in [7, 11) is -3.69. The van der Waals surface area contributed by atoms with Crippen LogP contribution < -0.4 is 10.5 Å². The second-order valence-corrected chi connectivity index (χ2v) is 6.77. The molecule has 5 nitrogen and oxygen atoms in total. The molecule has 2 rings (SSSR count). The van der Waals surface area contributed by atoms with Crippen LogP contribution in [0, 0.1) is 0 Å². The SMILES string of the molecule is NS(=O)(=O)c1ccc(CNC(=O)c2ccccc2Br)cc1. The molecule has 0 radical (unpaired) electrons. The van der Waals surface area contributed by atoms with Crippen molar-refractivity contribution in [3.05, 3.63) is 64.1 Å². The van der Waals surface area contributed by atoms with Crippen molar-refractivity contribution in [2.24, 2.45) is 5.14 Å². The highest BCUT2D eigenvalue weighted by atomic mass is 79.9. The number of benzene rings is 2. The zero-order chi connectivity index (χ0) is 15.5. The minimum Gasteiger partial charge on any atom is -0.348 e. The van der Waals surface area contributed by atoms with Gasteiger partial charge in [-0.2, -0.15) is 0 Å². The second-order valence-electron chi connectivity index (χ2n) is 4.35.